The summed E-state index contributed by atoms with van der Waals surface area (Å²) in [5, 5.41) is 11.4. The molecule has 1 rings (SSSR count). The Hall–Kier alpha value is -2.25. The Morgan fingerprint density at radius 2 is 1.71 bits per heavy atom. The number of carbonyl (C=O) groups is 2. The van der Waals surface area contributed by atoms with Crippen LogP contribution in [-0.2, 0) is 22.1 Å². The zero-order chi connectivity index (χ0) is 18.5. The average molecular weight is 347 g/mol. The maximum Gasteiger partial charge on any atom is 0.416 e. The zero-order valence-corrected chi connectivity index (χ0v) is 13.6. The SMILES string of the molecule is CC(C)(C)OC(=O)N[C@@H](CCc1ccc(C(F)(F)F)cc1)C(=O)O. The number of amides is 1. The third kappa shape index (κ3) is 6.89. The Labute approximate surface area is 137 Å². The van der Waals surface area contributed by atoms with Gasteiger partial charge in [0.25, 0.3) is 0 Å². The van der Waals surface area contributed by atoms with E-state index in [0.29, 0.717) is 5.56 Å². The summed E-state index contributed by atoms with van der Waals surface area (Å²) in [7, 11) is 0. The predicted molar refractivity (Wildman–Crippen MR) is 80.6 cm³/mol. The molecule has 24 heavy (non-hydrogen) atoms. The van der Waals surface area contributed by atoms with Crippen LogP contribution in [0, 0.1) is 0 Å². The molecule has 0 aromatic heterocycles. The number of ether oxygens (including phenoxy) is 1. The standard InChI is InChI=1S/C16H20F3NO4/c1-15(2,3)24-14(23)20-12(13(21)22)9-6-10-4-7-11(8-5-10)16(17,18)19/h4-5,7-8,12H,6,9H2,1-3H3,(H,20,23)(H,21,22)/t12-/m0/s1. The summed E-state index contributed by atoms with van der Waals surface area (Å²) < 4.78 is 42.4. The molecule has 0 aliphatic carbocycles. The Kier molecular flexibility index (Phi) is 6.22. The smallest absolute Gasteiger partial charge is 0.416 e. The van der Waals surface area contributed by atoms with E-state index in [2.05, 4.69) is 5.32 Å². The van der Waals surface area contributed by atoms with Gasteiger partial charge in [-0.2, -0.15) is 13.2 Å². The first-order chi connectivity index (χ1) is 10.9. The van der Waals surface area contributed by atoms with E-state index in [-0.39, 0.29) is 12.8 Å². The monoisotopic (exact) mass is 347 g/mol. The van der Waals surface area contributed by atoms with Crippen LogP contribution in [0.5, 0.6) is 0 Å². The number of aliphatic carboxylic acids is 1. The molecular weight excluding hydrogens is 327 g/mol. The number of benzene rings is 1. The van der Waals surface area contributed by atoms with E-state index in [1.165, 1.54) is 12.1 Å². The number of hydrogen-bond acceptors (Lipinski definition) is 3. The minimum atomic E-state index is -4.42. The Morgan fingerprint density at radius 1 is 1.17 bits per heavy atom. The van der Waals surface area contributed by atoms with Crippen LogP contribution in [0.4, 0.5) is 18.0 Å². The van der Waals surface area contributed by atoms with E-state index in [1.54, 1.807) is 20.8 Å². The summed E-state index contributed by atoms with van der Waals surface area (Å²) in [6, 6.07) is 3.26. The van der Waals surface area contributed by atoms with Gasteiger partial charge in [0, 0.05) is 0 Å². The van der Waals surface area contributed by atoms with Gasteiger partial charge < -0.3 is 15.2 Å². The van der Waals surface area contributed by atoms with Crippen molar-refractivity contribution in [3.05, 3.63) is 35.4 Å². The van der Waals surface area contributed by atoms with Crippen molar-refractivity contribution >= 4 is 12.1 Å². The number of alkyl carbamates (subject to hydrolysis) is 1. The fraction of sp³-hybridized carbons (Fsp3) is 0.500. The van der Waals surface area contributed by atoms with Gasteiger partial charge in [0.15, 0.2) is 0 Å². The van der Waals surface area contributed by atoms with Gasteiger partial charge >= 0.3 is 18.2 Å². The second-order valence-electron chi connectivity index (χ2n) is 6.27. The van der Waals surface area contributed by atoms with E-state index in [4.69, 9.17) is 9.84 Å². The molecule has 0 spiro atoms. The first kappa shape index (κ1) is 19.8. The van der Waals surface area contributed by atoms with Gasteiger partial charge in [-0.3, -0.25) is 0 Å². The fourth-order valence-corrected chi connectivity index (χ4v) is 1.88. The quantitative estimate of drug-likeness (QED) is 0.853. The number of hydrogen-bond donors (Lipinski definition) is 2. The number of carboxylic acid groups (broad SMARTS) is 1. The molecule has 2 N–H and O–H groups in total. The lowest BCUT2D eigenvalue weighted by atomic mass is 10.0. The molecule has 0 heterocycles. The molecule has 0 unspecified atom stereocenters. The summed E-state index contributed by atoms with van der Waals surface area (Å²) in [6.45, 7) is 4.93. The van der Waals surface area contributed by atoms with Crippen LogP contribution in [0.3, 0.4) is 0 Å². The van der Waals surface area contributed by atoms with Crippen molar-refractivity contribution in [2.45, 2.75) is 51.4 Å². The van der Waals surface area contributed by atoms with Gasteiger partial charge in [0.05, 0.1) is 5.56 Å². The van der Waals surface area contributed by atoms with Crippen LogP contribution in [0.2, 0.25) is 0 Å². The van der Waals surface area contributed by atoms with Crippen molar-refractivity contribution < 1.29 is 32.6 Å². The van der Waals surface area contributed by atoms with Crippen LogP contribution in [-0.4, -0.2) is 28.8 Å². The van der Waals surface area contributed by atoms with Crippen molar-refractivity contribution in [3.63, 3.8) is 0 Å². The number of carboxylic acids is 1. The van der Waals surface area contributed by atoms with Gasteiger partial charge in [0.1, 0.15) is 11.6 Å². The third-order valence-electron chi connectivity index (χ3n) is 2.99. The number of alkyl halides is 3. The summed E-state index contributed by atoms with van der Waals surface area (Å²) in [6.07, 6.45) is -5.05. The molecule has 0 radical (unpaired) electrons. The minimum Gasteiger partial charge on any atom is -0.480 e. The molecular formula is C16H20F3NO4. The van der Waals surface area contributed by atoms with Crippen LogP contribution in [0.25, 0.3) is 0 Å². The second kappa shape index (κ2) is 7.55. The van der Waals surface area contributed by atoms with E-state index >= 15 is 0 Å². The van der Waals surface area contributed by atoms with Crippen LogP contribution in [0.1, 0.15) is 38.3 Å². The van der Waals surface area contributed by atoms with E-state index in [9.17, 15) is 22.8 Å². The maximum atomic E-state index is 12.5. The van der Waals surface area contributed by atoms with E-state index in [1.807, 2.05) is 0 Å². The molecule has 8 heteroatoms. The molecule has 5 nitrogen and oxygen atoms in total. The molecule has 0 aliphatic rings. The van der Waals surface area contributed by atoms with Gasteiger partial charge in [-0.15, -0.1) is 0 Å². The summed E-state index contributed by atoms with van der Waals surface area (Å²) in [5.74, 6) is -1.24. The van der Waals surface area contributed by atoms with E-state index in [0.717, 1.165) is 12.1 Å². The number of halogens is 3. The fourth-order valence-electron chi connectivity index (χ4n) is 1.88. The van der Waals surface area contributed by atoms with Gasteiger partial charge in [-0.1, -0.05) is 12.1 Å². The highest BCUT2D eigenvalue weighted by atomic mass is 19.4. The van der Waals surface area contributed by atoms with Crippen LogP contribution >= 0.6 is 0 Å². The predicted octanol–water partition coefficient (Wildman–Crippen LogP) is 3.62. The molecule has 0 saturated heterocycles. The summed E-state index contributed by atoms with van der Waals surface area (Å²) in [4.78, 5) is 22.8. The first-order valence-corrected chi connectivity index (χ1v) is 7.27. The van der Waals surface area contributed by atoms with Crippen molar-refractivity contribution in [3.8, 4) is 0 Å². The van der Waals surface area contributed by atoms with Crippen LogP contribution in [0.15, 0.2) is 24.3 Å². The molecule has 134 valence electrons. The van der Waals surface area contributed by atoms with Crippen molar-refractivity contribution in [1.29, 1.82) is 0 Å². The maximum absolute atomic E-state index is 12.5. The Bertz CT molecular complexity index is 576. The lowest BCUT2D eigenvalue weighted by Gasteiger charge is -2.22. The number of carbonyl (C=O) groups excluding carboxylic acids is 1. The van der Waals surface area contributed by atoms with Crippen molar-refractivity contribution in [2.75, 3.05) is 0 Å². The number of aryl methyl sites for hydroxylation is 1. The molecule has 0 bridgehead atoms. The topological polar surface area (TPSA) is 75.6 Å². The van der Waals surface area contributed by atoms with Crippen LogP contribution < -0.4 is 5.32 Å². The summed E-state index contributed by atoms with van der Waals surface area (Å²) in [5.41, 5.74) is -0.992. The number of rotatable bonds is 5. The van der Waals surface area contributed by atoms with E-state index < -0.39 is 35.4 Å². The summed E-state index contributed by atoms with van der Waals surface area (Å²) >= 11 is 0. The first-order valence-electron chi connectivity index (χ1n) is 7.27. The molecule has 0 aliphatic heterocycles. The van der Waals surface area contributed by atoms with Crippen molar-refractivity contribution in [2.24, 2.45) is 0 Å². The lowest BCUT2D eigenvalue weighted by Crippen LogP contribution is -2.43. The van der Waals surface area contributed by atoms with Gasteiger partial charge in [-0.25, -0.2) is 9.59 Å². The Balaban J connectivity index is 2.64. The zero-order valence-electron chi connectivity index (χ0n) is 13.6. The molecule has 1 aromatic carbocycles. The molecule has 1 amide bonds. The normalized spacial score (nSPS) is 13.2. The highest BCUT2D eigenvalue weighted by molar-refractivity contribution is 5.80. The highest BCUT2D eigenvalue weighted by Gasteiger charge is 2.30. The Morgan fingerprint density at radius 3 is 2.12 bits per heavy atom. The molecule has 0 saturated carbocycles. The highest BCUT2D eigenvalue weighted by Crippen LogP contribution is 2.29. The molecule has 0 fully saturated rings. The van der Waals surface area contributed by atoms with Crippen molar-refractivity contribution in [1.82, 2.24) is 5.32 Å². The average Bonchev–Trinajstić information content (AvgIpc) is 2.40. The largest absolute Gasteiger partial charge is 0.480 e. The molecule has 1 atom stereocenters. The van der Waals surface area contributed by atoms with Gasteiger partial charge in [-0.05, 0) is 51.3 Å². The van der Waals surface area contributed by atoms with Gasteiger partial charge in [0.2, 0.25) is 0 Å². The lowest BCUT2D eigenvalue weighted by molar-refractivity contribution is -0.139. The molecule has 1 aromatic rings. The third-order valence-corrected chi connectivity index (χ3v) is 2.99. The number of nitrogens with one attached hydrogen (secondary N) is 1. The minimum absolute atomic E-state index is 0.0277. The second-order valence-corrected chi connectivity index (χ2v) is 6.27.